The van der Waals surface area contributed by atoms with Crippen molar-refractivity contribution < 1.29 is 18.8 Å². The highest BCUT2D eigenvalue weighted by Crippen LogP contribution is 2.38. The molecule has 0 aliphatic carbocycles. The van der Waals surface area contributed by atoms with Gasteiger partial charge in [-0.2, -0.15) is 0 Å². The van der Waals surface area contributed by atoms with Crippen LogP contribution in [-0.4, -0.2) is 43.5 Å². The van der Waals surface area contributed by atoms with Gasteiger partial charge in [-0.05, 0) is 53.9 Å². The molecule has 1 fully saturated rings. The quantitative estimate of drug-likeness (QED) is 0.625. The highest BCUT2D eigenvalue weighted by atomic mass is 16.7. The first-order valence-corrected chi connectivity index (χ1v) is 7.35. The second-order valence-corrected chi connectivity index (χ2v) is 7.32. The molecule has 0 unspecified atom stereocenters. The van der Waals surface area contributed by atoms with E-state index >= 15 is 0 Å². The van der Waals surface area contributed by atoms with Crippen LogP contribution in [0.25, 0.3) is 0 Å². The third kappa shape index (κ3) is 5.13. The van der Waals surface area contributed by atoms with Crippen molar-refractivity contribution in [2.45, 2.75) is 65.3 Å². The lowest BCUT2D eigenvalue weighted by molar-refractivity contribution is -0.138. The molecule has 5 nitrogen and oxygen atoms in total. The van der Waals surface area contributed by atoms with Gasteiger partial charge in [0, 0.05) is 13.1 Å². The predicted molar refractivity (Wildman–Crippen MR) is 83.9 cm³/mol. The van der Waals surface area contributed by atoms with E-state index in [4.69, 9.17) is 9.31 Å². The second-order valence-electron chi connectivity index (χ2n) is 7.32. The SMILES string of the molecule is CC(C)(C)OC=O.CC1(C)OB(C2=CCNC2)OC1(C)C. The molecule has 2 rings (SSSR count). The number of carbonyl (C=O) groups is 1. The predicted octanol–water partition coefficient (Wildman–Crippen LogP) is 2.11. The van der Waals surface area contributed by atoms with E-state index in [1.165, 1.54) is 5.47 Å². The van der Waals surface area contributed by atoms with Gasteiger partial charge in [-0.25, -0.2) is 0 Å². The maximum atomic E-state index is 9.60. The molecule has 0 radical (unpaired) electrons. The standard InChI is InChI=1S/C10H18BNO2.C5H10O2/c1-9(2)10(3,4)14-11(13-9)8-5-6-12-7-8;1-5(2,3)7-4-6/h5,12H,6-7H2,1-4H3;4H,1-3H3. The smallest absolute Gasteiger partial charge is 0.462 e. The Bertz CT molecular complexity index is 383. The van der Waals surface area contributed by atoms with Crippen LogP contribution in [0.15, 0.2) is 11.5 Å². The van der Waals surface area contributed by atoms with Crippen molar-refractivity contribution in [2.24, 2.45) is 0 Å². The van der Waals surface area contributed by atoms with Gasteiger partial charge in [0.15, 0.2) is 0 Å². The Morgan fingerprint density at radius 2 is 1.76 bits per heavy atom. The summed E-state index contributed by atoms with van der Waals surface area (Å²) in [7, 11) is -0.157. The van der Waals surface area contributed by atoms with E-state index < -0.39 is 0 Å². The zero-order valence-corrected chi connectivity index (χ0v) is 14.3. The zero-order valence-electron chi connectivity index (χ0n) is 14.3. The minimum absolute atomic E-state index is 0.157. The molecule has 2 aliphatic heterocycles. The Balaban J connectivity index is 0.000000270. The molecule has 2 aliphatic rings. The fourth-order valence-electron chi connectivity index (χ4n) is 1.81. The van der Waals surface area contributed by atoms with Gasteiger partial charge in [-0.15, -0.1) is 0 Å². The van der Waals surface area contributed by atoms with Gasteiger partial charge in [0.1, 0.15) is 5.60 Å². The summed E-state index contributed by atoms with van der Waals surface area (Å²) in [6, 6.07) is 0. The molecule has 0 amide bonds. The van der Waals surface area contributed by atoms with Crippen LogP contribution in [0.2, 0.25) is 0 Å². The summed E-state index contributed by atoms with van der Waals surface area (Å²) in [4.78, 5) is 9.60. The van der Waals surface area contributed by atoms with Crippen molar-refractivity contribution in [3.8, 4) is 0 Å². The van der Waals surface area contributed by atoms with E-state index in [1.54, 1.807) is 0 Å². The first-order chi connectivity index (χ1) is 9.48. The maximum absolute atomic E-state index is 9.60. The van der Waals surface area contributed by atoms with Crippen LogP contribution < -0.4 is 5.32 Å². The number of hydrogen-bond acceptors (Lipinski definition) is 5. The lowest BCUT2D eigenvalue weighted by Gasteiger charge is -2.32. The van der Waals surface area contributed by atoms with Gasteiger partial charge in [-0.3, -0.25) is 4.79 Å². The zero-order chi connectivity index (χ0) is 16.3. The van der Waals surface area contributed by atoms with Gasteiger partial charge < -0.3 is 19.4 Å². The van der Waals surface area contributed by atoms with Crippen LogP contribution in [0.3, 0.4) is 0 Å². The molecule has 0 aromatic carbocycles. The Morgan fingerprint density at radius 1 is 1.24 bits per heavy atom. The highest BCUT2D eigenvalue weighted by molar-refractivity contribution is 6.54. The average molecular weight is 297 g/mol. The Labute approximate surface area is 128 Å². The van der Waals surface area contributed by atoms with Crippen molar-refractivity contribution >= 4 is 13.6 Å². The molecule has 2 heterocycles. The van der Waals surface area contributed by atoms with Gasteiger partial charge in [0.25, 0.3) is 6.47 Å². The number of hydrogen-bond donors (Lipinski definition) is 1. The van der Waals surface area contributed by atoms with Crippen molar-refractivity contribution in [3.05, 3.63) is 11.5 Å². The summed E-state index contributed by atoms with van der Waals surface area (Å²) < 4.78 is 16.4. The molecule has 1 N–H and O–H groups in total. The van der Waals surface area contributed by atoms with E-state index in [0.29, 0.717) is 6.47 Å². The fraction of sp³-hybridized carbons (Fsp3) is 0.800. The summed E-state index contributed by atoms with van der Waals surface area (Å²) in [5.74, 6) is 0. The van der Waals surface area contributed by atoms with Crippen molar-refractivity contribution in [2.75, 3.05) is 13.1 Å². The fourth-order valence-corrected chi connectivity index (χ4v) is 1.81. The molecule has 0 aromatic heterocycles. The molecule has 6 heteroatoms. The minimum atomic E-state index is -0.318. The summed E-state index contributed by atoms with van der Waals surface area (Å²) in [6.45, 7) is 16.1. The molecule has 0 spiro atoms. The van der Waals surface area contributed by atoms with E-state index in [9.17, 15) is 4.79 Å². The molecule has 21 heavy (non-hydrogen) atoms. The van der Waals surface area contributed by atoms with Crippen LogP contribution in [0, 0.1) is 0 Å². The molecule has 120 valence electrons. The third-order valence-electron chi connectivity index (χ3n) is 3.80. The van der Waals surface area contributed by atoms with Crippen molar-refractivity contribution in [3.63, 3.8) is 0 Å². The molecular formula is C15H28BNO4. The van der Waals surface area contributed by atoms with Crippen LogP contribution in [0.1, 0.15) is 48.5 Å². The molecule has 0 saturated carbocycles. The lowest BCUT2D eigenvalue weighted by Crippen LogP contribution is -2.41. The molecule has 0 bridgehead atoms. The first-order valence-electron chi connectivity index (χ1n) is 7.35. The maximum Gasteiger partial charge on any atom is 0.491 e. The van der Waals surface area contributed by atoms with Crippen molar-refractivity contribution in [1.29, 1.82) is 0 Å². The largest absolute Gasteiger partial charge is 0.491 e. The second kappa shape index (κ2) is 6.50. The summed E-state index contributed by atoms with van der Waals surface area (Å²) >= 11 is 0. The van der Waals surface area contributed by atoms with E-state index in [0.717, 1.165) is 13.1 Å². The summed E-state index contributed by atoms with van der Waals surface area (Å²) in [5.41, 5.74) is 0.466. The van der Waals surface area contributed by atoms with Crippen LogP contribution in [0.5, 0.6) is 0 Å². The monoisotopic (exact) mass is 297 g/mol. The van der Waals surface area contributed by atoms with Crippen LogP contribution >= 0.6 is 0 Å². The number of nitrogens with one attached hydrogen (secondary N) is 1. The minimum Gasteiger partial charge on any atom is -0.462 e. The van der Waals surface area contributed by atoms with E-state index in [2.05, 4.69) is 43.8 Å². The third-order valence-corrected chi connectivity index (χ3v) is 3.80. The summed E-state index contributed by atoms with van der Waals surface area (Å²) in [6.07, 6.45) is 2.15. The molecule has 0 aromatic rings. The van der Waals surface area contributed by atoms with Gasteiger partial charge >= 0.3 is 7.12 Å². The first kappa shape index (κ1) is 18.2. The Hall–Kier alpha value is -0.845. The molecular weight excluding hydrogens is 269 g/mol. The van der Waals surface area contributed by atoms with E-state index in [-0.39, 0.29) is 23.9 Å². The van der Waals surface area contributed by atoms with Gasteiger partial charge in [-0.1, -0.05) is 6.08 Å². The van der Waals surface area contributed by atoms with Gasteiger partial charge in [0.2, 0.25) is 0 Å². The average Bonchev–Trinajstić information content (AvgIpc) is 2.85. The lowest BCUT2D eigenvalue weighted by atomic mass is 9.79. The Morgan fingerprint density at radius 3 is 2.05 bits per heavy atom. The topological polar surface area (TPSA) is 56.8 Å². The molecule has 1 saturated heterocycles. The number of carbonyl (C=O) groups excluding carboxylic acids is 1. The van der Waals surface area contributed by atoms with E-state index in [1.807, 2.05) is 20.8 Å². The highest BCUT2D eigenvalue weighted by Gasteiger charge is 2.52. The normalized spacial score (nSPS) is 23.2. The van der Waals surface area contributed by atoms with Crippen molar-refractivity contribution in [1.82, 2.24) is 5.32 Å². The number of rotatable bonds is 2. The number of ether oxygens (including phenoxy) is 1. The summed E-state index contributed by atoms with van der Waals surface area (Å²) in [5, 5.41) is 3.25. The molecule has 0 atom stereocenters. The van der Waals surface area contributed by atoms with Crippen LogP contribution in [0.4, 0.5) is 0 Å². The van der Waals surface area contributed by atoms with Crippen LogP contribution in [-0.2, 0) is 18.8 Å². The van der Waals surface area contributed by atoms with Gasteiger partial charge in [0.05, 0.1) is 11.2 Å². The Kier molecular flexibility index (Phi) is 5.64.